The lowest BCUT2D eigenvalue weighted by molar-refractivity contribution is -0.113. The van der Waals surface area contributed by atoms with Crippen LogP contribution in [-0.4, -0.2) is 36.2 Å². The Morgan fingerprint density at radius 3 is 3.06 bits per heavy atom. The molecule has 1 N–H and O–H groups in total. The third-order valence-electron chi connectivity index (χ3n) is 1.80. The van der Waals surface area contributed by atoms with E-state index in [0.717, 1.165) is 10.7 Å². The zero-order chi connectivity index (χ0) is 12.3. The van der Waals surface area contributed by atoms with E-state index >= 15 is 0 Å². The summed E-state index contributed by atoms with van der Waals surface area (Å²) in [4.78, 5) is 11.6. The number of aromatic nitrogens is 5. The molecule has 0 bridgehead atoms. The molecule has 17 heavy (non-hydrogen) atoms. The van der Waals surface area contributed by atoms with Gasteiger partial charge in [-0.2, -0.15) is 4.37 Å². The number of carbonyl (C=O) groups excluding carboxylic acids is 1. The largest absolute Gasteiger partial charge is 0.316 e. The van der Waals surface area contributed by atoms with E-state index in [1.807, 2.05) is 13.0 Å². The lowest BCUT2D eigenvalue weighted by atomic mass is 10.5. The Morgan fingerprint density at radius 1 is 1.65 bits per heavy atom. The highest BCUT2D eigenvalue weighted by Gasteiger charge is 2.08. The summed E-state index contributed by atoms with van der Waals surface area (Å²) < 4.78 is 5.60. The number of tetrazole rings is 1. The molecule has 0 fully saturated rings. The van der Waals surface area contributed by atoms with E-state index in [0.29, 0.717) is 5.16 Å². The maximum Gasteiger partial charge on any atom is 0.235 e. The summed E-state index contributed by atoms with van der Waals surface area (Å²) in [5.74, 6) is 0.173. The minimum Gasteiger partial charge on any atom is -0.316 e. The number of nitrogens with one attached hydrogen (secondary N) is 1. The van der Waals surface area contributed by atoms with Gasteiger partial charge in [-0.25, -0.2) is 4.68 Å². The maximum atomic E-state index is 11.6. The van der Waals surface area contributed by atoms with E-state index in [4.69, 9.17) is 0 Å². The number of amides is 1. The van der Waals surface area contributed by atoms with Gasteiger partial charge < -0.3 is 5.32 Å². The normalized spacial score (nSPS) is 10.5. The van der Waals surface area contributed by atoms with Crippen LogP contribution in [0.15, 0.2) is 11.2 Å². The van der Waals surface area contributed by atoms with Crippen LogP contribution in [0.2, 0.25) is 0 Å². The van der Waals surface area contributed by atoms with Gasteiger partial charge >= 0.3 is 0 Å². The lowest BCUT2D eigenvalue weighted by Gasteiger charge is -2.00. The van der Waals surface area contributed by atoms with Crippen molar-refractivity contribution in [2.24, 2.45) is 7.05 Å². The van der Waals surface area contributed by atoms with Gasteiger partial charge in [0.15, 0.2) is 0 Å². The molecule has 0 atom stereocenters. The maximum absolute atomic E-state index is 11.6. The number of hydrogen-bond acceptors (Lipinski definition) is 7. The van der Waals surface area contributed by atoms with Gasteiger partial charge in [0.2, 0.25) is 11.1 Å². The zero-order valence-electron chi connectivity index (χ0n) is 9.25. The first-order valence-electron chi connectivity index (χ1n) is 4.73. The molecule has 9 heteroatoms. The Morgan fingerprint density at radius 2 is 2.47 bits per heavy atom. The molecule has 0 aliphatic heterocycles. The molecule has 0 spiro atoms. The number of anilines is 1. The number of nitrogens with zero attached hydrogens (tertiary/aromatic N) is 5. The highest BCUT2D eigenvalue weighted by atomic mass is 32.2. The molecular weight excluding hydrogens is 260 g/mol. The second-order valence-corrected chi connectivity index (χ2v) is 5.00. The summed E-state index contributed by atoms with van der Waals surface area (Å²) in [6, 6.07) is 1.83. The molecule has 0 saturated carbocycles. The molecule has 90 valence electrons. The molecule has 2 heterocycles. The van der Waals surface area contributed by atoms with Gasteiger partial charge in [-0.15, -0.1) is 5.10 Å². The van der Waals surface area contributed by atoms with Crippen LogP contribution in [-0.2, 0) is 11.8 Å². The Hall–Kier alpha value is -1.48. The van der Waals surface area contributed by atoms with Crippen molar-refractivity contribution in [3.8, 4) is 0 Å². The molecule has 2 rings (SSSR count). The number of thioether (sulfide) groups is 1. The van der Waals surface area contributed by atoms with E-state index in [-0.39, 0.29) is 11.7 Å². The number of aryl methyl sites for hydroxylation is 2. The Kier molecular flexibility index (Phi) is 3.69. The first-order chi connectivity index (χ1) is 8.15. The Balaban J connectivity index is 1.84. The zero-order valence-corrected chi connectivity index (χ0v) is 10.9. The van der Waals surface area contributed by atoms with Gasteiger partial charge in [-0.1, -0.05) is 11.8 Å². The van der Waals surface area contributed by atoms with Crippen LogP contribution >= 0.6 is 23.3 Å². The van der Waals surface area contributed by atoms with E-state index in [9.17, 15) is 4.79 Å². The quantitative estimate of drug-likeness (QED) is 0.823. The number of hydrogen-bond donors (Lipinski definition) is 1. The minimum atomic E-state index is -0.0957. The fourth-order valence-corrected chi connectivity index (χ4v) is 2.40. The summed E-state index contributed by atoms with van der Waals surface area (Å²) in [5, 5.41) is 15.1. The van der Waals surface area contributed by atoms with E-state index in [2.05, 4.69) is 25.2 Å². The molecule has 0 unspecified atom stereocenters. The molecule has 7 nitrogen and oxygen atoms in total. The average Bonchev–Trinajstić information content (AvgIpc) is 2.85. The lowest BCUT2D eigenvalue weighted by Crippen LogP contribution is -2.13. The summed E-state index contributed by atoms with van der Waals surface area (Å²) in [5.41, 5.74) is 0.899. The molecule has 0 aromatic carbocycles. The van der Waals surface area contributed by atoms with Crippen LogP contribution in [0.25, 0.3) is 0 Å². The van der Waals surface area contributed by atoms with E-state index < -0.39 is 0 Å². The molecule has 2 aromatic heterocycles. The van der Waals surface area contributed by atoms with Gasteiger partial charge in [0.05, 0.1) is 11.4 Å². The molecule has 0 saturated heterocycles. The second kappa shape index (κ2) is 5.23. The van der Waals surface area contributed by atoms with Gasteiger partial charge in [0.25, 0.3) is 0 Å². The molecule has 0 radical (unpaired) electrons. The molecule has 1 amide bonds. The summed E-state index contributed by atoms with van der Waals surface area (Å²) >= 11 is 2.55. The van der Waals surface area contributed by atoms with Gasteiger partial charge in [-0.05, 0) is 34.9 Å². The summed E-state index contributed by atoms with van der Waals surface area (Å²) in [7, 11) is 1.73. The number of rotatable bonds is 4. The first kappa shape index (κ1) is 12.0. The van der Waals surface area contributed by atoms with Gasteiger partial charge in [-0.3, -0.25) is 4.79 Å². The first-order valence-corrected chi connectivity index (χ1v) is 6.49. The standard InChI is InChI=1S/C8H10N6OS2/c1-5-3-7(17-11-5)9-6(15)4-16-8-10-12-13-14(8)2/h3H,4H2,1-2H3,(H,9,15). The summed E-state index contributed by atoms with van der Waals surface area (Å²) in [6.07, 6.45) is 0. The second-order valence-electron chi connectivity index (χ2n) is 3.25. The predicted molar refractivity (Wildman–Crippen MR) is 65.0 cm³/mol. The predicted octanol–water partition coefficient (Wildman–Crippen LogP) is 0.706. The van der Waals surface area contributed by atoms with Crippen molar-refractivity contribution in [1.29, 1.82) is 0 Å². The van der Waals surface area contributed by atoms with Crippen LogP contribution in [0.3, 0.4) is 0 Å². The molecule has 2 aromatic rings. The molecule has 0 aliphatic carbocycles. The molecular formula is C8H10N6OS2. The van der Waals surface area contributed by atoms with E-state index in [1.165, 1.54) is 28.0 Å². The van der Waals surface area contributed by atoms with Gasteiger partial charge in [0.1, 0.15) is 5.00 Å². The highest BCUT2D eigenvalue weighted by Crippen LogP contribution is 2.17. The van der Waals surface area contributed by atoms with Crippen molar-refractivity contribution < 1.29 is 4.79 Å². The Bertz CT molecular complexity index is 522. The smallest absolute Gasteiger partial charge is 0.235 e. The third-order valence-corrected chi connectivity index (χ3v) is 3.61. The topological polar surface area (TPSA) is 85.6 Å². The fourth-order valence-electron chi connectivity index (χ4n) is 1.07. The third kappa shape index (κ3) is 3.24. The van der Waals surface area contributed by atoms with Crippen LogP contribution < -0.4 is 5.32 Å². The van der Waals surface area contributed by atoms with Crippen molar-refractivity contribution in [2.75, 3.05) is 11.1 Å². The molecule has 0 aliphatic rings. The SMILES string of the molecule is Cc1cc(NC(=O)CSc2nnnn2C)sn1. The minimum absolute atomic E-state index is 0.0957. The van der Waals surface area contributed by atoms with Crippen molar-refractivity contribution in [3.05, 3.63) is 11.8 Å². The van der Waals surface area contributed by atoms with Crippen molar-refractivity contribution >= 4 is 34.2 Å². The van der Waals surface area contributed by atoms with Gasteiger partial charge in [0, 0.05) is 7.05 Å². The average molecular weight is 270 g/mol. The van der Waals surface area contributed by atoms with Crippen molar-refractivity contribution in [3.63, 3.8) is 0 Å². The fraction of sp³-hybridized carbons (Fsp3) is 0.375. The van der Waals surface area contributed by atoms with Crippen LogP contribution in [0.5, 0.6) is 0 Å². The van der Waals surface area contributed by atoms with Crippen molar-refractivity contribution in [1.82, 2.24) is 24.6 Å². The van der Waals surface area contributed by atoms with Crippen LogP contribution in [0.4, 0.5) is 5.00 Å². The van der Waals surface area contributed by atoms with E-state index in [1.54, 1.807) is 7.05 Å². The Labute approximate surface area is 106 Å². The number of carbonyl (C=O) groups is 1. The highest BCUT2D eigenvalue weighted by molar-refractivity contribution is 7.99. The monoisotopic (exact) mass is 270 g/mol. The van der Waals surface area contributed by atoms with Crippen molar-refractivity contribution in [2.45, 2.75) is 12.1 Å². The van der Waals surface area contributed by atoms with Crippen LogP contribution in [0.1, 0.15) is 5.69 Å². The van der Waals surface area contributed by atoms with Crippen LogP contribution in [0, 0.1) is 6.92 Å². The summed E-state index contributed by atoms with van der Waals surface area (Å²) in [6.45, 7) is 1.88.